The van der Waals surface area contributed by atoms with E-state index in [4.69, 9.17) is 0 Å². The highest BCUT2D eigenvalue weighted by Gasteiger charge is 2.32. The van der Waals surface area contributed by atoms with Crippen LogP contribution in [0.5, 0.6) is 0 Å². The topological polar surface area (TPSA) is 0 Å². The van der Waals surface area contributed by atoms with Crippen molar-refractivity contribution < 1.29 is 0 Å². The molecule has 3 fully saturated rings. The molecule has 3 saturated carbocycles. The lowest BCUT2D eigenvalue weighted by molar-refractivity contribution is 0.121. The van der Waals surface area contributed by atoms with Crippen LogP contribution in [0.4, 0.5) is 0 Å². The summed E-state index contributed by atoms with van der Waals surface area (Å²) in [7, 11) is 0. The maximum atomic E-state index is 2.42. The summed E-state index contributed by atoms with van der Waals surface area (Å²) in [5, 5.41) is 0. The summed E-state index contributed by atoms with van der Waals surface area (Å²) in [6.07, 6.45) is 18.2. The van der Waals surface area contributed by atoms with Crippen LogP contribution in [0.25, 0.3) is 0 Å². The Morgan fingerprint density at radius 3 is 0.690 bits per heavy atom. The Labute approximate surface area is 266 Å². The average Bonchev–Trinajstić information content (AvgIpc) is 2.98. The van der Waals surface area contributed by atoms with Gasteiger partial charge in [0.1, 0.15) is 0 Å². The minimum absolute atomic E-state index is 0.645. The Bertz CT molecular complexity index is 716. The lowest BCUT2D eigenvalue weighted by Crippen LogP contribution is -2.28. The highest BCUT2D eigenvalue weighted by Crippen LogP contribution is 2.44. The van der Waals surface area contributed by atoms with Crippen LogP contribution >= 0.6 is 0 Å². The van der Waals surface area contributed by atoms with Gasteiger partial charge in [0.05, 0.1) is 0 Å². The van der Waals surface area contributed by atoms with E-state index in [1.54, 1.807) is 25.7 Å². The smallest absolute Gasteiger partial charge is 0.0219 e. The van der Waals surface area contributed by atoms with E-state index in [2.05, 4.69) is 107 Å². The summed E-state index contributed by atoms with van der Waals surface area (Å²) in [5.74, 6) is 11.3. The fourth-order valence-corrected chi connectivity index (χ4v) is 8.31. The van der Waals surface area contributed by atoms with Crippen LogP contribution in [0, 0.1) is 59.2 Å². The molecule has 0 atom stereocenters. The Morgan fingerprint density at radius 2 is 0.524 bits per heavy atom. The van der Waals surface area contributed by atoms with Crippen molar-refractivity contribution in [1.29, 1.82) is 0 Å². The number of benzene rings is 1. The van der Waals surface area contributed by atoms with Crippen LogP contribution in [0.3, 0.4) is 0 Å². The molecule has 0 amide bonds. The molecule has 0 saturated heterocycles. The number of hydrogen-bond acceptors (Lipinski definition) is 0. The third-order valence-corrected chi connectivity index (χ3v) is 12.2. The third kappa shape index (κ3) is 12.7. The third-order valence-electron chi connectivity index (χ3n) is 12.2. The zero-order valence-electron chi connectivity index (χ0n) is 30.7. The largest absolute Gasteiger partial charge is 0.0625 e. The predicted molar refractivity (Wildman–Crippen MR) is 190 cm³/mol. The molecule has 0 heteroatoms. The van der Waals surface area contributed by atoms with E-state index in [9.17, 15) is 0 Å². The first-order chi connectivity index (χ1) is 19.8. The van der Waals surface area contributed by atoms with Crippen molar-refractivity contribution in [3.05, 3.63) is 35.4 Å². The molecule has 0 heterocycles. The molecule has 1 aromatic carbocycles. The van der Waals surface area contributed by atoms with E-state index in [0.29, 0.717) is 11.8 Å². The summed E-state index contributed by atoms with van der Waals surface area (Å²) in [6, 6.07) is 8.94. The second-order valence-corrected chi connectivity index (χ2v) is 17.0. The van der Waals surface area contributed by atoms with Crippen molar-refractivity contribution in [2.75, 3.05) is 0 Å². The van der Waals surface area contributed by atoms with Crippen LogP contribution in [-0.2, 0) is 0 Å². The number of hydrogen-bond donors (Lipinski definition) is 0. The van der Waals surface area contributed by atoms with Crippen molar-refractivity contribution in [3.8, 4) is 0 Å². The molecule has 3 aliphatic carbocycles. The van der Waals surface area contributed by atoms with Crippen LogP contribution in [0.1, 0.15) is 183 Å². The van der Waals surface area contributed by atoms with Crippen molar-refractivity contribution in [2.24, 2.45) is 59.2 Å². The normalized spacial score (nSPS) is 28.6. The maximum Gasteiger partial charge on any atom is -0.0219 e. The molecule has 0 bridgehead atoms. The maximum absolute atomic E-state index is 2.42. The molecule has 0 unspecified atom stereocenters. The lowest BCUT2D eigenvalue weighted by atomic mass is 9.66. The first kappa shape index (κ1) is 37.4. The van der Waals surface area contributed by atoms with E-state index in [1.807, 2.05) is 0 Å². The van der Waals surface area contributed by atoms with Gasteiger partial charge in [-0.25, -0.2) is 0 Å². The second kappa shape index (κ2) is 18.9. The van der Waals surface area contributed by atoms with Gasteiger partial charge in [-0.1, -0.05) is 107 Å². The van der Waals surface area contributed by atoms with E-state index in [-0.39, 0.29) is 0 Å². The van der Waals surface area contributed by atoms with Crippen LogP contribution < -0.4 is 0 Å². The van der Waals surface area contributed by atoms with Crippen molar-refractivity contribution in [2.45, 2.75) is 172 Å². The molecule has 0 N–H and O–H groups in total. The Kier molecular flexibility index (Phi) is 16.8. The SMILES string of the molecule is CC(C)C1CCC(C(C)C)CC1.CC(C)C1CCC(C2CCC(C(C)C)CC2)CC1.CC(C)c1ccc(C(C)C)cc1. The van der Waals surface area contributed by atoms with Crippen molar-refractivity contribution >= 4 is 0 Å². The van der Waals surface area contributed by atoms with Gasteiger partial charge in [0.25, 0.3) is 0 Å². The predicted octanol–water partition coefficient (Wildman–Crippen LogP) is 13.9. The summed E-state index contributed by atoms with van der Waals surface area (Å²) >= 11 is 0. The van der Waals surface area contributed by atoms with Gasteiger partial charge in [-0.05, 0) is 159 Å². The molecule has 0 aliphatic heterocycles. The fourth-order valence-electron chi connectivity index (χ4n) is 8.31. The average molecular weight is 581 g/mol. The molecular weight excluding hydrogens is 504 g/mol. The quantitative estimate of drug-likeness (QED) is 0.301. The molecule has 0 nitrogen and oxygen atoms in total. The molecule has 1 aromatic rings. The standard InChI is InChI=1S/C18H34.C12H24.C12H18/c1-13(2)15-5-9-17(10-6-15)18-11-7-16(8-12-18)14(3)4;2*1-9(2)11-5-7-12(8-6-11)10(3)4/h13-18H,5-12H2,1-4H3;9-12H,5-8H2,1-4H3;5-10H,1-4H3. The summed E-state index contributed by atoms with van der Waals surface area (Å²) in [4.78, 5) is 0. The highest BCUT2D eigenvalue weighted by molar-refractivity contribution is 5.26. The first-order valence-electron chi connectivity index (χ1n) is 18.9. The van der Waals surface area contributed by atoms with Crippen LogP contribution in [0.2, 0.25) is 0 Å². The summed E-state index contributed by atoms with van der Waals surface area (Å²) < 4.78 is 0. The first-order valence-corrected chi connectivity index (χ1v) is 18.9. The summed E-state index contributed by atoms with van der Waals surface area (Å²) in [6.45, 7) is 28.1. The van der Waals surface area contributed by atoms with Gasteiger partial charge in [0.15, 0.2) is 0 Å². The molecule has 0 spiro atoms. The Balaban J connectivity index is 0.000000228. The van der Waals surface area contributed by atoms with E-state index < -0.39 is 0 Å². The van der Waals surface area contributed by atoms with Crippen LogP contribution in [0.15, 0.2) is 24.3 Å². The van der Waals surface area contributed by atoms with Crippen LogP contribution in [-0.4, -0.2) is 0 Å². The molecular formula is C42H76. The zero-order valence-corrected chi connectivity index (χ0v) is 30.7. The van der Waals surface area contributed by atoms with Gasteiger partial charge >= 0.3 is 0 Å². The van der Waals surface area contributed by atoms with Gasteiger partial charge < -0.3 is 0 Å². The molecule has 3 aliphatic rings. The minimum atomic E-state index is 0.645. The lowest BCUT2D eigenvalue weighted by Gasteiger charge is -2.39. The summed E-state index contributed by atoms with van der Waals surface area (Å²) in [5.41, 5.74) is 2.86. The molecule has 0 radical (unpaired) electrons. The van der Waals surface area contributed by atoms with E-state index in [1.165, 1.54) is 62.5 Å². The van der Waals surface area contributed by atoms with E-state index in [0.717, 1.165) is 59.2 Å². The van der Waals surface area contributed by atoms with Gasteiger partial charge in [-0.3, -0.25) is 0 Å². The Hall–Kier alpha value is -0.780. The zero-order chi connectivity index (χ0) is 31.4. The van der Waals surface area contributed by atoms with Gasteiger partial charge in [0.2, 0.25) is 0 Å². The molecule has 42 heavy (non-hydrogen) atoms. The van der Waals surface area contributed by atoms with Gasteiger partial charge in [-0.2, -0.15) is 0 Å². The fraction of sp³-hybridized carbons (Fsp3) is 0.857. The highest BCUT2D eigenvalue weighted by atomic mass is 14.4. The van der Waals surface area contributed by atoms with Crippen molar-refractivity contribution in [1.82, 2.24) is 0 Å². The van der Waals surface area contributed by atoms with Gasteiger partial charge in [0, 0.05) is 0 Å². The molecule has 244 valence electrons. The monoisotopic (exact) mass is 581 g/mol. The van der Waals surface area contributed by atoms with Gasteiger partial charge in [-0.15, -0.1) is 0 Å². The minimum Gasteiger partial charge on any atom is -0.0625 e. The Morgan fingerprint density at radius 1 is 0.333 bits per heavy atom. The van der Waals surface area contributed by atoms with E-state index >= 15 is 0 Å². The number of rotatable bonds is 7. The molecule has 0 aromatic heterocycles. The second-order valence-electron chi connectivity index (χ2n) is 17.0. The van der Waals surface area contributed by atoms with Crippen molar-refractivity contribution in [3.63, 3.8) is 0 Å². The molecule has 4 rings (SSSR count).